The van der Waals surface area contributed by atoms with E-state index in [4.69, 9.17) is 0 Å². The molecule has 2 aromatic heterocycles. The van der Waals surface area contributed by atoms with Crippen LogP contribution in [-0.4, -0.2) is 21.9 Å². The minimum atomic E-state index is -0.163. The summed E-state index contributed by atoms with van der Waals surface area (Å²) in [6, 6.07) is 7.18. The van der Waals surface area contributed by atoms with E-state index in [0.29, 0.717) is 4.60 Å². The molecule has 1 unspecified atom stereocenters. The molecule has 0 N–H and O–H groups in total. The number of aromatic nitrogens is 1. The number of thiophene rings is 1. The summed E-state index contributed by atoms with van der Waals surface area (Å²) >= 11 is 5.11. The minimum Gasteiger partial charge on any atom is -0.334 e. The lowest BCUT2D eigenvalue weighted by atomic mass is 9.98. The molecule has 3 rings (SSSR count). The van der Waals surface area contributed by atoms with Crippen molar-refractivity contribution in [2.75, 3.05) is 6.54 Å². The standard InChI is InChI=1S/C16H17BrN2O2S/c1-2-12-11-7-9-22-13(11)6-8-18(12)16(21)10-19-14(17)4-3-5-15(19)20/h3-5,7,9,12H,2,6,8,10H2,1H3. The normalized spacial score (nSPS) is 17.4. The van der Waals surface area contributed by atoms with E-state index in [0.717, 1.165) is 19.4 Å². The molecule has 6 heteroatoms. The van der Waals surface area contributed by atoms with Crippen molar-refractivity contribution in [3.05, 3.63) is 55.0 Å². The molecule has 0 radical (unpaired) electrons. The molecule has 0 spiro atoms. The summed E-state index contributed by atoms with van der Waals surface area (Å²) in [7, 11) is 0. The number of carbonyl (C=O) groups is 1. The highest BCUT2D eigenvalue weighted by Gasteiger charge is 2.30. The number of pyridine rings is 1. The third kappa shape index (κ3) is 2.77. The first-order valence-electron chi connectivity index (χ1n) is 7.33. The summed E-state index contributed by atoms with van der Waals surface area (Å²) in [5, 5.41) is 2.10. The first-order chi connectivity index (χ1) is 10.6. The van der Waals surface area contributed by atoms with Gasteiger partial charge in [-0.2, -0.15) is 0 Å². The van der Waals surface area contributed by atoms with E-state index in [1.165, 1.54) is 21.1 Å². The Morgan fingerprint density at radius 1 is 1.41 bits per heavy atom. The van der Waals surface area contributed by atoms with Crippen LogP contribution in [0.15, 0.2) is 39.0 Å². The smallest absolute Gasteiger partial charge is 0.251 e. The van der Waals surface area contributed by atoms with E-state index in [-0.39, 0.29) is 24.1 Å². The fourth-order valence-corrected chi connectivity index (χ4v) is 4.39. The second kappa shape index (κ2) is 6.38. The Balaban J connectivity index is 1.85. The Bertz CT molecular complexity index is 753. The fraction of sp³-hybridized carbons (Fsp3) is 0.375. The van der Waals surface area contributed by atoms with Crippen LogP contribution in [-0.2, 0) is 17.8 Å². The lowest BCUT2D eigenvalue weighted by molar-refractivity contribution is -0.135. The largest absolute Gasteiger partial charge is 0.334 e. The zero-order valence-corrected chi connectivity index (χ0v) is 14.7. The Morgan fingerprint density at radius 2 is 2.23 bits per heavy atom. The molecule has 0 fully saturated rings. The Hall–Kier alpha value is -1.40. The molecule has 0 aliphatic carbocycles. The average molecular weight is 381 g/mol. The van der Waals surface area contributed by atoms with E-state index < -0.39 is 0 Å². The highest BCUT2D eigenvalue weighted by Crippen LogP contribution is 2.35. The number of hydrogen-bond acceptors (Lipinski definition) is 3. The maximum atomic E-state index is 12.7. The molecular formula is C16H17BrN2O2S. The van der Waals surface area contributed by atoms with Crippen LogP contribution in [0.5, 0.6) is 0 Å². The topological polar surface area (TPSA) is 42.3 Å². The van der Waals surface area contributed by atoms with Crippen LogP contribution in [0, 0.1) is 0 Å². The predicted octanol–water partition coefficient (Wildman–Crippen LogP) is 3.21. The maximum Gasteiger partial charge on any atom is 0.251 e. The summed E-state index contributed by atoms with van der Waals surface area (Å²) in [5.41, 5.74) is 1.11. The monoisotopic (exact) mass is 380 g/mol. The van der Waals surface area contributed by atoms with Gasteiger partial charge in [-0.15, -0.1) is 11.3 Å². The van der Waals surface area contributed by atoms with Gasteiger partial charge in [-0.1, -0.05) is 13.0 Å². The van der Waals surface area contributed by atoms with Gasteiger partial charge in [0.25, 0.3) is 5.56 Å². The second-order valence-corrected chi connectivity index (χ2v) is 7.15. The van der Waals surface area contributed by atoms with Crippen molar-refractivity contribution in [3.63, 3.8) is 0 Å². The lowest BCUT2D eigenvalue weighted by Gasteiger charge is -2.35. The number of hydrogen-bond donors (Lipinski definition) is 0. The van der Waals surface area contributed by atoms with Crippen LogP contribution in [0.4, 0.5) is 0 Å². The molecule has 1 aliphatic heterocycles. The van der Waals surface area contributed by atoms with E-state index >= 15 is 0 Å². The first-order valence-corrected chi connectivity index (χ1v) is 9.00. The molecule has 0 saturated carbocycles. The third-order valence-electron chi connectivity index (χ3n) is 4.09. The van der Waals surface area contributed by atoms with Gasteiger partial charge in [0, 0.05) is 17.5 Å². The molecule has 3 heterocycles. The number of carbonyl (C=O) groups excluding carboxylic acids is 1. The molecule has 116 valence electrons. The number of fused-ring (bicyclic) bond motifs is 1. The van der Waals surface area contributed by atoms with Gasteiger partial charge in [-0.05, 0) is 51.8 Å². The SMILES string of the molecule is CCC1c2ccsc2CCN1C(=O)Cn1c(Br)cccc1=O. The fourth-order valence-electron chi connectivity index (χ4n) is 3.01. The van der Waals surface area contributed by atoms with Crippen molar-refractivity contribution in [3.8, 4) is 0 Å². The average Bonchev–Trinajstić information content (AvgIpc) is 2.98. The molecule has 0 bridgehead atoms. The van der Waals surface area contributed by atoms with E-state index in [1.807, 2.05) is 4.90 Å². The zero-order chi connectivity index (χ0) is 15.7. The molecule has 22 heavy (non-hydrogen) atoms. The summed E-state index contributed by atoms with van der Waals surface area (Å²) in [4.78, 5) is 28.0. The van der Waals surface area contributed by atoms with Crippen LogP contribution in [0.1, 0.15) is 29.8 Å². The molecule has 0 aromatic carbocycles. The van der Waals surface area contributed by atoms with Crippen molar-refractivity contribution < 1.29 is 4.79 Å². The summed E-state index contributed by atoms with van der Waals surface area (Å²) in [6.45, 7) is 2.91. The number of rotatable bonds is 3. The van der Waals surface area contributed by atoms with Crippen LogP contribution in [0.2, 0.25) is 0 Å². The predicted molar refractivity (Wildman–Crippen MR) is 91.2 cm³/mol. The maximum absolute atomic E-state index is 12.7. The van der Waals surface area contributed by atoms with Crippen LogP contribution in [0.25, 0.3) is 0 Å². The van der Waals surface area contributed by atoms with E-state index in [1.54, 1.807) is 23.5 Å². The Morgan fingerprint density at radius 3 is 2.95 bits per heavy atom. The number of amides is 1. The Labute approximate surface area is 141 Å². The molecule has 0 saturated heterocycles. The van der Waals surface area contributed by atoms with Gasteiger partial charge in [-0.3, -0.25) is 14.2 Å². The summed E-state index contributed by atoms with van der Waals surface area (Å²) in [6.07, 6.45) is 1.79. The van der Waals surface area contributed by atoms with Crippen molar-refractivity contribution >= 4 is 33.2 Å². The first kappa shape index (κ1) is 15.5. The van der Waals surface area contributed by atoms with Gasteiger partial charge in [0.05, 0.1) is 10.6 Å². The number of halogens is 1. The molecule has 1 atom stereocenters. The highest BCUT2D eigenvalue weighted by molar-refractivity contribution is 9.10. The van der Waals surface area contributed by atoms with Crippen LogP contribution < -0.4 is 5.56 Å². The van der Waals surface area contributed by atoms with Crippen molar-refractivity contribution in [1.82, 2.24) is 9.47 Å². The van der Waals surface area contributed by atoms with Gasteiger partial charge < -0.3 is 4.90 Å². The van der Waals surface area contributed by atoms with Gasteiger partial charge in [-0.25, -0.2) is 0 Å². The van der Waals surface area contributed by atoms with Crippen molar-refractivity contribution in [1.29, 1.82) is 0 Å². The molecule has 4 nitrogen and oxygen atoms in total. The molecule has 1 aliphatic rings. The zero-order valence-electron chi connectivity index (χ0n) is 12.3. The van der Waals surface area contributed by atoms with Gasteiger partial charge >= 0.3 is 0 Å². The van der Waals surface area contributed by atoms with E-state index in [9.17, 15) is 9.59 Å². The summed E-state index contributed by atoms with van der Waals surface area (Å²) in [5.74, 6) is -0.00213. The van der Waals surface area contributed by atoms with Crippen LogP contribution >= 0.6 is 27.3 Å². The Kier molecular flexibility index (Phi) is 4.49. The quantitative estimate of drug-likeness (QED) is 0.767. The van der Waals surface area contributed by atoms with Crippen molar-refractivity contribution in [2.24, 2.45) is 0 Å². The lowest BCUT2D eigenvalue weighted by Crippen LogP contribution is -2.42. The molecule has 1 amide bonds. The minimum absolute atomic E-state index is 0.00213. The summed E-state index contributed by atoms with van der Waals surface area (Å²) < 4.78 is 2.10. The molecule has 2 aromatic rings. The van der Waals surface area contributed by atoms with Gasteiger partial charge in [0.1, 0.15) is 6.54 Å². The van der Waals surface area contributed by atoms with Gasteiger partial charge in [0.15, 0.2) is 0 Å². The number of nitrogens with zero attached hydrogens (tertiary/aromatic N) is 2. The van der Waals surface area contributed by atoms with E-state index in [2.05, 4.69) is 34.3 Å². The molecular weight excluding hydrogens is 364 g/mol. The van der Waals surface area contributed by atoms with Crippen molar-refractivity contribution in [2.45, 2.75) is 32.4 Å². The van der Waals surface area contributed by atoms with Gasteiger partial charge in [0.2, 0.25) is 5.91 Å². The second-order valence-electron chi connectivity index (χ2n) is 5.33. The highest BCUT2D eigenvalue weighted by atomic mass is 79.9. The third-order valence-corrected chi connectivity index (χ3v) is 5.78. The van der Waals surface area contributed by atoms with Crippen LogP contribution in [0.3, 0.4) is 0 Å².